The highest BCUT2D eigenvalue weighted by molar-refractivity contribution is 7.17. The van der Waals surface area contributed by atoms with Crippen molar-refractivity contribution in [1.29, 1.82) is 0 Å². The zero-order chi connectivity index (χ0) is 12.6. The molecule has 1 saturated heterocycles. The molecule has 0 aliphatic carbocycles. The molecule has 0 bridgehead atoms. The van der Waals surface area contributed by atoms with Gasteiger partial charge in [0.2, 0.25) is 0 Å². The van der Waals surface area contributed by atoms with Crippen molar-refractivity contribution in [2.45, 2.75) is 6.04 Å². The molecule has 96 valence electrons. The van der Waals surface area contributed by atoms with E-state index < -0.39 is 0 Å². The summed E-state index contributed by atoms with van der Waals surface area (Å²) in [5.74, 6) is 0. The molecule has 0 radical (unpaired) electrons. The van der Waals surface area contributed by atoms with Gasteiger partial charge in [0, 0.05) is 22.7 Å². The van der Waals surface area contributed by atoms with Crippen molar-refractivity contribution < 1.29 is 4.74 Å². The maximum Gasteiger partial charge on any atom is 0.0575 e. The summed E-state index contributed by atoms with van der Waals surface area (Å²) in [6.07, 6.45) is 0. The third kappa shape index (κ3) is 1.68. The molecule has 1 unspecified atom stereocenters. The minimum Gasteiger partial charge on any atom is -0.380 e. The van der Waals surface area contributed by atoms with E-state index in [2.05, 4.69) is 35.0 Å². The van der Waals surface area contributed by atoms with Gasteiger partial charge >= 0.3 is 0 Å². The summed E-state index contributed by atoms with van der Waals surface area (Å²) < 4.78 is 6.74. The molecule has 3 N–H and O–H groups in total. The van der Waals surface area contributed by atoms with Crippen molar-refractivity contribution >= 4 is 21.4 Å². The second-order valence-corrected chi connectivity index (χ2v) is 5.88. The molecule has 2 aromatic rings. The van der Waals surface area contributed by atoms with Crippen LogP contribution in [0.1, 0.15) is 11.6 Å². The molecule has 0 spiro atoms. The second kappa shape index (κ2) is 4.63. The topological polar surface area (TPSA) is 47.3 Å². The first kappa shape index (κ1) is 12.1. The number of nitrogens with two attached hydrogens (primary N) is 1. The van der Waals surface area contributed by atoms with Crippen LogP contribution >= 0.6 is 11.3 Å². The Bertz CT molecular complexity index is 542. The third-order valence-corrected chi connectivity index (χ3v) is 4.89. The lowest BCUT2D eigenvalue weighted by molar-refractivity contribution is -0.126. The minimum atomic E-state index is 0.0542. The maximum absolute atomic E-state index is 5.98. The highest BCUT2D eigenvalue weighted by atomic mass is 32.1. The highest BCUT2D eigenvalue weighted by Crippen LogP contribution is 2.43. The van der Waals surface area contributed by atoms with Crippen LogP contribution in [0.3, 0.4) is 0 Å². The van der Waals surface area contributed by atoms with E-state index >= 15 is 0 Å². The quantitative estimate of drug-likeness (QED) is 0.887. The van der Waals surface area contributed by atoms with Crippen molar-refractivity contribution in [2.75, 3.05) is 26.8 Å². The average Bonchev–Trinajstić information content (AvgIpc) is 2.77. The van der Waals surface area contributed by atoms with Gasteiger partial charge in [-0.05, 0) is 29.4 Å². The van der Waals surface area contributed by atoms with Crippen LogP contribution in [-0.2, 0) is 4.74 Å². The van der Waals surface area contributed by atoms with Gasteiger partial charge in [0.05, 0.1) is 13.2 Å². The molecule has 1 fully saturated rings. The summed E-state index contributed by atoms with van der Waals surface area (Å²) in [6, 6.07) is 8.81. The largest absolute Gasteiger partial charge is 0.380 e. The van der Waals surface area contributed by atoms with Gasteiger partial charge in [0.25, 0.3) is 0 Å². The summed E-state index contributed by atoms with van der Waals surface area (Å²) >= 11 is 1.80. The molecule has 1 aliphatic heterocycles. The van der Waals surface area contributed by atoms with Crippen LogP contribution in [0.15, 0.2) is 29.6 Å². The molecule has 18 heavy (non-hydrogen) atoms. The van der Waals surface area contributed by atoms with Crippen LogP contribution in [0.4, 0.5) is 0 Å². The first-order valence-electron chi connectivity index (χ1n) is 6.22. The number of hydrogen-bond donors (Lipinski definition) is 2. The van der Waals surface area contributed by atoms with Crippen LogP contribution in [0.5, 0.6) is 0 Å². The van der Waals surface area contributed by atoms with E-state index in [1.165, 1.54) is 15.6 Å². The summed E-state index contributed by atoms with van der Waals surface area (Å²) in [6.45, 7) is 2.15. The molecule has 3 rings (SSSR count). The number of hydrogen-bond acceptors (Lipinski definition) is 4. The number of ether oxygens (including phenoxy) is 1. The number of rotatable bonds is 4. The zero-order valence-corrected chi connectivity index (χ0v) is 11.3. The third-order valence-electron chi connectivity index (χ3n) is 3.91. The Labute approximate surface area is 111 Å². The van der Waals surface area contributed by atoms with E-state index in [0.29, 0.717) is 6.54 Å². The lowest BCUT2D eigenvalue weighted by Crippen LogP contribution is -2.55. The number of thiophene rings is 1. The van der Waals surface area contributed by atoms with Gasteiger partial charge in [0.1, 0.15) is 0 Å². The van der Waals surface area contributed by atoms with Crippen LogP contribution in [0, 0.1) is 5.41 Å². The molecule has 2 heterocycles. The Balaban J connectivity index is 2.06. The molecule has 1 aromatic carbocycles. The molecule has 0 saturated carbocycles. The first-order chi connectivity index (χ1) is 8.80. The molecule has 4 heteroatoms. The predicted octanol–water partition coefficient (Wildman–Crippen LogP) is 2.14. The molecule has 0 amide bonds. The smallest absolute Gasteiger partial charge is 0.0575 e. The molecule has 1 aromatic heterocycles. The van der Waals surface area contributed by atoms with Crippen molar-refractivity contribution in [2.24, 2.45) is 11.1 Å². The SMILES string of the molecule is CNC(c1csc2ccccc12)C1(CN)COC1. The van der Waals surface area contributed by atoms with E-state index in [4.69, 9.17) is 10.5 Å². The van der Waals surface area contributed by atoms with E-state index in [1.54, 1.807) is 11.3 Å². The van der Waals surface area contributed by atoms with Gasteiger partial charge < -0.3 is 15.8 Å². The fourth-order valence-electron chi connectivity index (χ4n) is 2.78. The van der Waals surface area contributed by atoms with Crippen molar-refractivity contribution in [3.63, 3.8) is 0 Å². The van der Waals surface area contributed by atoms with E-state index in [-0.39, 0.29) is 11.5 Å². The molecule has 3 nitrogen and oxygen atoms in total. The zero-order valence-electron chi connectivity index (χ0n) is 10.5. The number of benzene rings is 1. The molecular formula is C14H18N2OS. The highest BCUT2D eigenvalue weighted by Gasteiger charge is 2.45. The second-order valence-electron chi connectivity index (χ2n) is 4.97. The van der Waals surface area contributed by atoms with Crippen LogP contribution < -0.4 is 11.1 Å². The predicted molar refractivity (Wildman–Crippen MR) is 75.9 cm³/mol. The first-order valence-corrected chi connectivity index (χ1v) is 7.10. The van der Waals surface area contributed by atoms with Crippen LogP contribution in [0.2, 0.25) is 0 Å². The van der Waals surface area contributed by atoms with Gasteiger partial charge in [0.15, 0.2) is 0 Å². The van der Waals surface area contributed by atoms with E-state index in [9.17, 15) is 0 Å². The minimum absolute atomic E-state index is 0.0542. The standard InChI is InChI=1S/C14H18N2OS/c1-16-13(14(7-15)8-17-9-14)11-6-18-12-5-3-2-4-10(11)12/h2-6,13,16H,7-9,15H2,1H3. The monoisotopic (exact) mass is 262 g/mol. The van der Waals surface area contributed by atoms with Crippen LogP contribution in [-0.4, -0.2) is 26.8 Å². The van der Waals surface area contributed by atoms with E-state index in [0.717, 1.165) is 13.2 Å². The van der Waals surface area contributed by atoms with Crippen molar-refractivity contribution in [3.05, 3.63) is 35.2 Å². The molecule has 1 atom stereocenters. The Morgan fingerprint density at radius 3 is 2.83 bits per heavy atom. The lowest BCUT2D eigenvalue weighted by atomic mass is 9.75. The summed E-state index contributed by atoms with van der Waals surface area (Å²) in [5.41, 5.74) is 7.39. The Morgan fingerprint density at radius 2 is 2.22 bits per heavy atom. The van der Waals surface area contributed by atoms with Crippen molar-refractivity contribution in [3.8, 4) is 0 Å². The van der Waals surface area contributed by atoms with Crippen LogP contribution in [0.25, 0.3) is 10.1 Å². The van der Waals surface area contributed by atoms with Crippen molar-refractivity contribution in [1.82, 2.24) is 5.32 Å². The Kier molecular flexibility index (Phi) is 3.11. The number of nitrogens with one attached hydrogen (secondary N) is 1. The summed E-state index contributed by atoms with van der Waals surface area (Å²) in [4.78, 5) is 0. The molecule has 1 aliphatic rings. The normalized spacial score (nSPS) is 19.7. The number of fused-ring (bicyclic) bond motifs is 1. The summed E-state index contributed by atoms with van der Waals surface area (Å²) in [7, 11) is 2.01. The lowest BCUT2D eigenvalue weighted by Gasteiger charge is -2.46. The fraction of sp³-hybridized carbons (Fsp3) is 0.429. The van der Waals surface area contributed by atoms with Gasteiger partial charge in [-0.15, -0.1) is 11.3 Å². The van der Waals surface area contributed by atoms with Gasteiger partial charge in [-0.3, -0.25) is 0 Å². The Hall–Kier alpha value is -0.940. The van der Waals surface area contributed by atoms with Gasteiger partial charge in [-0.25, -0.2) is 0 Å². The maximum atomic E-state index is 5.98. The fourth-order valence-corrected chi connectivity index (χ4v) is 3.77. The van der Waals surface area contributed by atoms with Gasteiger partial charge in [-0.2, -0.15) is 0 Å². The average molecular weight is 262 g/mol. The molecular weight excluding hydrogens is 244 g/mol. The Morgan fingerprint density at radius 1 is 1.44 bits per heavy atom. The van der Waals surface area contributed by atoms with Gasteiger partial charge in [-0.1, -0.05) is 18.2 Å². The summed E-state index contributed by atoms with van der Waals surface area (Å²) in [5, 5.41) is 7.02. The van der Waals surface area contributed by atoms with E-state index in [1.807, 2.05) is 7.05 Å².